The first-order valence-electron chi connectivity index (χ1n) is 11.4. The summed E-state index contributed by atoms with van der Waals surface area (Å²) in [5, 5.41) is 7.00. The van der Waals surface area contributed by atoms with Gasteiger partial charge in [-0.2, -0.15) is 0 Å². The molecule has 2 fully saturated rings. The maximum atomic E-state index is 13.6. The monoisotopic (exact) mass is 496 g/mol. The number of aryl methyl sites for hydroxylation is 1. The van der Waals surface area contributed by atoms with E-state index in [0.29, 0.717) is 48.2 Å². The highest BCUT2D eigenvalue weighted by molar-refractivity contribution is 7.14. The molecule has 7 nitrogen and oxygen atoms in total. The molecular formula is C25H24N2O5S2. The van der Waals surface area contributed by atoms with Crippen LogP contribution in [0.25, 0.3) is 10.4 Å². The summed E-state index contributed by atoms with van der Waals surface area (Å²) in [6, 6.07) is 10.1. The molecule has 2 amide bonds. The van der Waals surface area contributed by atoms with Crippen molar-refractivity contribution in [1.82, 2.24) is 10.2 Å². The summed E-state index contributed by atoms with van der Waals surface area (Å²) in [4.78, 5) is 29.0. The van der Waals surface area contributed by atoms with Gasteiger partial charge in [0.25, 0.3) is 5.91 Å². The Labute approximate surface area is 205 Å². The number of amides is 2. The van der Waals surface area contributed by atoms with Gasteiger partial charge in [0.05, 0.1) is 11.6 Å². The van der Waals surface area contributed by atoms with Crippen LogP contribution in [-0.4, -0.2) is 49.2 Å². The fourth-order valence-corrected chi connectivity index (χ4v) is 6.59. The van der Waals surface area contributed by atoms with E-state index in [2.05, 4.69) is 24.4 Å². The highest BCUT2D eigenvalue weighted by atomic mass is 32.1. The first-order chi connectivity index (χ1) is 16.6. The number of hydrogen-bond acceptors (Lipinski definition) is 7. The van der Waals surface area contributed by atoms with Crippen molar-refractivity contribution in [3.63, 3.8) is 0 Å². The fourth-order valence-electron chi connectivity index (χ4n) is 4.93. The predicted octanol–water partition coefficient (Wildman–Crippen LogP) is 4.81. The summed E-state index contributed by atoms with van der Waals surface area (Å²) in [6.07, 6.45) is 0.551. The third kappa shape index (κ3) is 3.92. The number of fused-ring (bicyclic) bond motifs is 2. The summed E-state index contributed by atoms with van der Waals surface area (Å²) >= 11 is 2.85. The average molecular weight is 497 g/mol. The lowest BCUT2D eigenvalue weighted by Gasteiger charge is -2.28. The highest BCUT2D eigenvalue weighted by Gasteiger charge is 2.54. The fraction of sp³-hybridized carbons (Fsp3) is 0.360. The number of ether oxygens (including phenoxy) is 3. The molecule has 1 aromatic carbocycles. The summed E-state index contributed by atoms with van der Waals surface area (Å²) < 4.78 is 16.6. The van der Waals surface area contributed by atoms with Gasteiger partial charge in [-0.3, -0.25) is 4.79 Å². The van der Waals surface area contributed by atoms with E-state index in [-0.39, 0.29) is 11.9 Å². The zero-order valence-electron chi connectivity index (χ0n) is 18.6. The summed E-state index contributed by atoms with van der Waals surface area (Å²) in [6.45, 7) is 4.06. The lowest BCUT2D eigenvalue weighted by atomic mass is 10.1. The smallest absolute Gasteiger partial charge is 0.413 e. The Hall–Kier alpha value is -3.04. The topological polar surface area (TPSA) is 77.1 Å². The minimum Gasteiger partial charge on any atom is -0.485 e. The number of hydrogen-bond donors (Lipinski definition) is 1. The molecule has 0 spiro atoms. The molecule has 3 aliphatic rings. The first-order valence-corrected chi connectivity index (χ1v) is 13.1. The second-order valence-electron chi connectivity index (χ2n) is 8.90. The van der Waals surface area contributed by atoms with Crippen molar-refractivity contribution >= 4 is 34.7 Å². The van der Waals surface area contributed by atoms with Gasteiger partial charge in [-0.05, 0) is 42.2 Å². The summed E-state index contributed by atoms with van der Waals surface area (Å²) in [5.74, 6) is 2.06. The number of benzene rings is 1. The van der Waals surface area contributed by atoms with Crippen molar-refractivity contribution in [1.29, 1.82) is 0 Å². The molecule has 1 saturated carbocycles. The normalized spacial score (nSPS) is 22.3. The molecule has 34 heavy (non-hydrogen) atoms. The van der Waals surface area contributed by atoms with E-state index in [1.54, 1.807) is 16.7 Å². The van der Waals surface area contributed by atoms with Crippen LogP contribution in [0.3, 0.4) is 0 Å². The molecule has 0 unspecified atom stereocenters. The van der Waals surface area contributed by atoms with E-state index in [0.717, 1.165) is 34.5 Å². The third-order valence-corrected chi connectivity index (χ3v) is 8.43. The molecule has 2 aliphatic heterocycles. The molecule has 1 aliphatic carbocycles. The van der Waals surface area contributed by atoms with E-state index in [4.69, 9.17) is 14.2 Å². The van der Waals surface area contributed by atoms with Gasteiger partial charge < -0.3 is 24.4 Å². The number of nitrogens with zero attached hydrogens (tertiary/aromatic N) is 1. The maximum Gasteiger partial charge on any atom is 0.413 e. The van der Waals surface area contributed by atoms with Gasteiger partial charge >= 0.3 is 6.09 Å². The molecule has 1 saturated heterocycles. The number of nitrogens with one attached hydrogen (secondary N) is 1. The van der Waals surface area contributed by atoms with Crippen molar-refractivity contribution in [2.45, 2.75) is 19.4 Å². The first kappa shape index (κ1) is 21.5. The summed E-state index contributed by atoms with van der Waals surface area (Å²) in [5.41, 5.74) is 2.95. The SMILES string of the molecule is Cc1cccc(-c2sccc2C(=O)N2C[C@@H]3C[C@@H]3[C@H]2CNC(=O)Oc2scc3c2OCCO3)c1. The second kappa shape index (κ2) is 8.63. The molecule has 1 N–H and O–H groups in total. The van der Waals surface area contributed by atoms with Crippen LogP contribution in [0.5, 0.6) is 16.6 Å². The van der Waals surface area contributed by atoms with Crippen molar-refractivity contribution < 1.29 is 23.8 Å². The molecule has 0 bridgehead atoms. The molecule has 0 radical (unpaired) electrons. The van der Waals surface area contributed by atoms with Gasteiger partial charge in [0.2, 0.25) is 10.8 Å². The van der Waals surface area contributed by atoms with Gasteiger partial charge in [0.1, 0.15) is 13.2 Å². The van der Waals surface area contributed by atoms with E-state index >= 15 is 0 Å². The van der Waals surface area contributed by atoms with Crippen LogP contribution in [0.2, 0.25) is 0 Å². The van der Waals surface area contributed by atoms with Crippen molar-refractivity contribution in [3.05, 3.63) is 52.2 Å². The van der Waals surface area contributed by atoms with Crippen molar-refractivity contribution in [2.24, 2.45) is 11.8 Å². The van der Waals surface area contributed by atoms with Gasteiger partial charge in [-0.25, -0.2) is 4.79 Å². The minimum atomic E-state index is -0.550. The van der Waals surface area contributed by atoms with Crippen LogP contribution >= 0.6 is 22.7 Å². The standard InChI is InChI=1S/C25H24N2O5S2/c1-14-3-2-4-15(9-14)22-17(5-8-33-22)23(28)27-12-16-10-18(16)19(27)11-26-25(29)32-24-21-20(13-34-24)30-6-7-31-21/h2-5,8-9,13,16,18-19H,6-7,10-12H2,1H3,(H,26,29)/t16-,18-,19+/m0/s1. The van der Waals surface area contributed by atoms with Crippen molar-refractivity contribution in [3.8, 4) is 27.0 Å². The summed E-state index contributed by atoms with van der Waals surface area (Å²) in [7, 11) is 0. The van der Waals surface area contributed by atoms with Crippen LogP contribution in [0, 0.1) is 18.8 Å². The maximum absolute atomic E-state index is 13.6. The Morgan fingerprint density at radius 3 is 2.97 bits per heavy atom. The number of thiophene rings is 2. The lowest BCUT2D eigenvalue weighted by Crippen LogP contribution is -2.46. The molecular weight excluding hydrogens is 472 g/mol. The Bertz CT molecular complexity index is 1250. The number of likely N-dealkylation sites (tertiary alicyclic amines) is 1. The van der Waals surface area contributed by atoms with Gasteiger partial charge in [0, 0.05) is 23.3 Å². The quantitative estimate of drug-likeness (QED) is 0.549. The predicted molar refractivity (Wildman–Crippen MR) is 130 cm³/mol. The van der Waals surface area contributed by atoms with Gasteiger partial charge in [0.15, 0.2) is 5.75 Å². The molecule has 4 heterocycles. The minimum absolute atomic E-state index is 0.0306. The zero-order chi connectivity index (χ0) is 23.2. The average Bonchev–Trinajstić information content (AvgIpc) is 3.18. The Morgan fingerprint density at radius 1 is 1.21 bits per heavy atom. The molecule has 9 heteroatoms. The van der Waals surface area contributed by atoms with Crippen LogP contribution in [0.15, 0.2) is 41.1 Å². The van der Waals surface area contributed by atoms with E-state index in [9.17, 15) is 9.59 Å². The zero-order valence-corrected chi connectivity index (χ0v) is 20.2. The molecule has 6 rings (SSSR count). The Balaban J connectivity index is 1.14. The number of carbonyl (C=O) groups is 2. The second-order valence-corrected chi connectivity index (χ2v) is 10.7. The Kier molecular flexibility index (Phi) is 5.45. The molecule has 3 aromatic rings. The van der Waals surface area contributed by atoms with Crippen LogP contribution in [0.1, 0.15) is 22.3 Å². The van der Waals surface area contributed by atoms with Crippen LogP contribution in [0.4, 0.5) is 4.79 Å². The molecule has 176 valence electrons. The third-order valence-electron chi connectivity index (χ3n) is 6.65. The van der Waals surface area contributed by atoms with E-state index in [1.807, 2.05) is 28.5 Å². The van der Waals surface area contributed by atoms with E-state index < -0.39 is 6.09 Å². The molecule has 3 atom stereocenters. The van der Waals surface area contributed by atoms with Gasteiger partial charge in [-0.15, -0.1) is 11.3 Å². The van der Waals surface area contributed by atoms with Crippen LogP contribution in [-0.2, 0) is 0 Å². The highest BCUT2D eigenvalue weighted by Crippen LogP contribution is 2.50. The number of carbonyl (C=O) groups excluding carboxylic acids is 2. The Morgan fingerprint density at radius 2 is 2.09 bits per heavy atom. The van der Waals surface area contributed by atoms with E-state index in [1.165, 1.54) is 11.3 Å². The molecule has 2 aromatic heterocycles. The van der Waals surface area contributed by atoms with Crippen molar-refractivity contribution in [2.75, 3.05) is 26.3 Å². The van der Waals surface area contributed by atoms with Gasteiger partial charge in [-0.1, -0.05) is 41.2 Å². The lowest BCUT2D eigenvalue weighted by molar-refractivity contribution is 0.0705. The van der Waals surface area contributed by atoms with Crippen LogP contribution < -0.4 is 19.5 Å². The number of piperidine rings is 1. The largest absolute Gasteiger partial charge is 0.485 e. The number of rotatable bonds is 5.